The van der Waals surface area contributed by atoms with Crippen LogP contribution in [0.15, 0.2) is 17.1 Å². The minimum absolute atomic E-state index is 0. The van der Waals surface area contributed by atoms with Gasteiger partial charge in [0.25, 0.3) is 0 Å². The zero-order valence-corrected chi connectivity index (χ0v) is 21.2. The van der Waals surface area contributed by atoms with E-state index in [0.717, 1.165) is 57.3 Å². The number of hydrogen-bond donors (Lipinski definition) is 2. The minimum Gasteiger partial charge on any atom is -0.489 e. The molecule has 0 unspecified atom stereocenters. The standard InChI is InChI=1S/C21H33ClN4O3.HI/c1-4-23-20(25-15-21(2,3)26-6-10-27-11-7-26)24-14-16-12-17(22)19-18(13-16)28-8-5-9-29-19;/h12-13H,4-11,14-15H2,1-3H3,(H2,23,24,25);1H. The number of halogens is 2. The summed E-state index contributed by atoms with van der Waals surface area (Å²) in [6, 6.07) is 3.87. The molecule has 0 radical (unpaired) electrons. The van der Waals surface area contributed by atoms with E-state index < -0.39 is 0 Å². The smallest absolute Gasteiger partial charge is 0.191 e. The van der Waals surface area contributed by atoms with Crippen molar-refractivity contribution in [3.63, 3.8) is 0 Å². The van der Waals surface area contributed by atoms with Gasteiger partial charge in [0, 0.05) is 38.1 Å². The molecule has 2 heterocycles. The number of nitrogens with zero attached hydrogens (tertiary/aromatic N) is 2. The van der Waals surface area contributed by atoms with Gasteiger partial charge in [-0.05, 0) is 38.5 Å². The van der Waals surface area contributed by atoms with E-state index in [1.54, 1.807) is 0 Å². The first kappa shape index (κ1) is 25.3. The van der Waals surface area contributed by atoms with Gasteiger partial charge in [0.1, 0.15) is 0 Å². The molecule has 3 rings (SSSR count). The van der Waals surface area contributed by atoms with E-state index in [0.29, 0.717) is 36.3 Å². The third kappa shape index (κ3) is 7.03. The zero-order chi connectivity index (χ0) is 20.7. The molecule has 1 aromatic carbocycles. The summed E-state index contributed by atoms with van der Waals surface area (Å²) in [7, 11) is 0. The average Bonchev–Trinajstić information content (AvgIpc) is 2.97. The van der Waals surface area contributed by atoms with E-state index >= 15 is 0 Å². The Balaban J connectivity index is 0.00000320. The van der Waals surface area contributed by atoms with Gasteiger partial charge in [-0.1, -0.05) is 11.6 Å². The van der Waals surface area contributed by atoms with Crippen LogP contribution in [0.5, 0.6) is 11.5 Å². The van der Waals surface area contributed by atoms with Gasteiger partial charge in [-0.25, -0.2) is 4.99 Å². The monoisotopic (exact) mass is 552 g/mol. The molecule has 2 N–H and O–H groups in total. The number of nitrogens with one attached hydrogen (secondary N) is 2. The van der Waals surface area contributed by atoms with Crippen LogP contribution in [0, 0.1) is 0 Å². The van der Waals surface area contributed by atoms with E-state index in [9.17, 15) is 0 Å². The maximum absolute atomic E-state index is 6.40. The third-order valence-electron chi connectivity index (χ3n) is 5.18. The van der Waals surface area contributed by atoms with Gasteiger partial charge in [-0.2, -0.15) is 0 Å². The number of hydrogen-bond acceptors (Lipinski definition) is 5. The van der Waals surface area contributed by atoms with Crippen LogP contribution in [0.4, 0.5) is 0 Å². The molecule has 0 atom stereocenters. The Bertz CT molecular complexity index is 712. The lowest BCUT2D eigenvalue weighted by Gasteiger charge is -2.41. The molecule has 0 saturated carbocycles. The van der Waals surface area contributed by atoms with Crippen LogP contribution in [0.2, 0.25) is 5.02 Å². The average molecular weight is 553 g/mol. The van der Waals surface area contributed by atoms with Gasteiger partial charge < -0.3 is 24.8 Å². The van der Waals surface area contributed by atoms with Crippen molar-refractivity contribution in [1.29, 1.82) is 0 Å². The van der Waals surface area contributed by atoms with Crippen LogP contribution in [-0.2, 0) is 11.3 Å². The van der Waals surface area contributed by atoms with E-state index in [4.69, 9.17) is 30.8 Å². The Morgan fingerprint density at radius 2 is 1.87 bits per heavy atom. The predicted octanol–water partition coefficient (Wildman–Crippen LogP) is 3.29. The molecule has 0 spiro atoms. The maximum atomic E-state index is 6.40. The van der Waals surface area contributed by atoms with E-state index in [1.165, 1.54) is 0 Å². The molecular formula is C21H34ClIN4O3. The third-order valence-corrected chi connectivity index (χ3v) is 5.46. The lowest BCUT2D eigenvalue weighted by molar-refractivity contribution is -0.00834. The van der Waals surface area contributed by atoms with Crippen molar-refractivity contribution in [2.75, 3.05) is 52.6 Å². The molecule has 30 heavy (non-hydrogen) atoms. The maximum Gasteiger partial charge on any atom is 0.191 e. The van der Waals surface area contributed by atoms with Crippen LogP contribution < -0.4 is 20.1 Å². The van der Waals surface area contributed by atoms with Crippen molar-refractivity contribution in [3.8, 4) is 11.5 Å². The molecular weight excluding hydrogens is 519 g/mol. The fourth-order valence-corrected chi connectivity index (χ4v) is 3.76. The quantitative estimate of drug-likeness (QED) is 0.321. The van der Waals surface area contributed by atoms with Crippen molar-refractivity contribution in [1.82, 2.24) is 15.5 Å². The molecule has 0 aromatic heterocycles. The molecule has 2 aliphatic rings. The topological polar surface area (TPSA) is 67.4 Å². The number of benzene rings is 1. The predicted molar refractivity (Wildman–Crippen MR) is 132 cm³/mol. The number of guanidine groups is 1. The minimum atomic E-state index is 0. The van der Waals surface area contributed by atoms with Crippen LogP contribution >= 0.6 is 35.6 Å². The lowest BCUT2D eigenvalue weighted by Crippen LogP contribution is -2.56. The molecule has 1 saturated heterocycles. The Morgan fingerprint density at radius 1 is 1.13 bits per heavy atom. The molecule has 9 heteroatoms. The highest BCUT2D eigenvalue weighted by molar-refractivity contribution is 14.0. The van der Waals surface area contributed by atoms with Crippen LogP contribution in [0.1, 0.15) is 32.8 Å². The molecule has 2 aliphatic heterocycles. The highest BCUT2D eigenvalue weighted by atomic mass is 127. The SMILES string of the molecule is CCNC(=NCc1cc(Cl)c2c(c1)OCCCO2)NCC(C)(C)N1CCOCC1.I. The summed E-state index contributed by atoms with van der Waals surface area (Å²) in [4.78, 5) is 7.20. The van der Waals surface area contributed by atoms with Crippen molar-refractivity contribution < 1.29 is 14.2 Å². The molecule has 7 nitrogen and oxygen atoms in total. The van der Waals surface area contributed by atoms with Crippen molar-refractivity contribution in [3.05, 3.63) is 22.7 Å². The number of ether oxygens (including phenoxy) is 3. The lowest BCUT2D eigenvalue weighted by atomic mass is 10.0. The summed E-state index contributed by atoms with van der Waals surface area (Å²) in [5.74, 6) is 2.12. The first-order valence-corrected chi connectivity index (χ1v) is 10.8. The molecule has 0 aliphatic carbocycles. The largest absolute Gasteiger partial charge is 0.489 e. The van der Waals surface area contributed by atoms with Crippen molar-refractivity contribution >= 4 is 41.5 Å². The number of aliphatic imine (C=N–C) groups is 1. The second-order valence-electron chi connectivity index (χ2n) is 7.92. The highest BCUT2D eigenvalue weighted by Gasteiger charge is 2.28. The molecule has 1 fully saturated rings. The van der Waals surface area contributed by atoms with Gasteiger partial charge >= 0.3 is 0 Å². The molecule has 170 valence electrons. The van der Waals surface area contributed by atoms with E-state index in [2.05, 4.69) is 36.3 Å². The molecule has 0 bridgehead atoms. The van der Waals surface area contributed by atoms with Crippen LogP contribution in [0.25, 0.3) is 0 Å². The Kier molecular flexibility index (Phi) is 10.3. The second kappa shape index (κ2) is 12.2. The summed E-state index contributed by atoms with van der Waals surface area (Å²) >= 11 is 6.40. The highest BCUT2D eigenvalue weighted by Crippen LogP contribution is 2.38. The number of morpholine rings is 1. The van der Waals surface area contributed by atoms with Gasteiger partial charge in [0.05, 0.1) is 38.0 Å². The number of fused-ring (bicyclic) bond motifs is 1. The molecule has 0 amide bonds. The van der Waals surface area contributed by atoms with Crippen LogP contribution in [0.3, 0.4) is 0 Å². The first-order chi connectivity index (χ1) is 14.0. The fraction of sp³-hybridized carbons (Fsp3) is 0.667. The Morgan fingerprint density at radius 3 is 2.60 bits per heavy atom. The van der Waals surface area contributed by atoms with Gasteiger partial charge in [-0.15, -0.1) is 24.0 Å². The van der Waals surface area contributed by atoms with E-state index in [-0.39, 0.29) is 29.5 Å². The summed E-state index contributed by atoms with van der Waals surface area (Å²) in [6.07, 6.45) is 0.853. The van der Waals surface area contributed by atoms with Gasteiger partial charge in [0.15, 0.2) is 17.5 Å². The zero-order valence-electron chi connectivity index (χ0n) is 18.1. The summed E-state index contributed by atoms with van der Waals surface area (Å²) < 4.78 is 17.0. The summed E-state index contributed by atoms with van der Waals surface area (Å²) in [6.45, 7) is 13.4. The van der Waals surface area contributed by atoms with Crippen molar-refractivity contribution in [2.24, 2.45) is 4.99 Å². The Hall–Kier alpha value is -0.970. The second-order valence-corrected chi connectivity index (χ2v) is 8.32. The molecule has 1 aromatic rings. The van der Waals surface area contributed by atoms with Crippen molar-refractivity contribution in [2.45, 2.75) is 39.3 Å². The van der Waals surface area contributed by atoms with Gasteiger partial charge in [0.2, 0.25) is 0 Å². The van der Waals surface area contributed by atoms with Gasteiger partial charge in [-0.3, -0.25) is 4.90 Å². The Labute approximate surface area is 201 Å². The van der Waals surface area contributed by atoms with E-state index in [1.807, 2.05) is 12.1 Å². The number of rotatable bonds is 6. The normalized spacial score (nSPS) is 17.7. The first-order valence-electron chi connectivity index (χ1n) is 10.4. The van der Waals surface area contributed by atoms with Crippen LogP contribution in [-0.4, -0.2) is 69.0 Å². The fourth-order valence-electron chi connectivity index (χ4n) is 3.47. The summed E-state index contributed by atoms with van der Waals surface area (Å²) in [5, 5.41) is 7.38. The summed E-state index contributed by atoms with van der Waals surface area (Å²) in [5.41, 5.74) is 1.00.